The molecule has 2 rings (SSSR count). The van der Waals surface area contributed by atoms with Gasteiger partial charge in [-0.1, -0.05) is 6.92 Å². The van der Waals surface area contributed by atoms with Gasteiger partial charge < -0.3 is 5.32 Å². The van der Waals surface area contributed by atoms with Crippen molar-refractivity contribution < 1.29 is 4.79 Å². The minimum atomic E-state index is 0.00673. The Labute approximate surface area is 93.1 Å². The number of nitrogens with one attached hydrogen (secondary N) is 1. The Morgan fingerprint density at radius 1 is 1.67 bits per heavy atom. The van der Waals surface area contributed by atoms with Crippen molar-refractivity contribution >= 4 is 23.3 Å². The van der Waals surface area contributed by atoms with Crippen molar-refractivity contribution in [1.29, 1.82) is 0 Å². The zero-order valence-corrected chi connectivity index (χ0v) is 9.16. The summed E-state index contributed by atoms with van der Waals surface area (Å²) in [5.74, 6) is 1.07. The lowest BCUT2D eigenvalue weighted by molar-refractivity contribution is -0.119. The van der Waals surface area contributed by atoms with Crippen molar-refractivity contribution in [2.45, 2.75) is 19.8 Å². The smallest absolute Gasteiger partial charge is 0.228 e. The molecular formula is C10H12ClN3O. The van der Waals surface area contributed by atoms with Gasteiger partial charge in [0.05, 0.1) is 0 Å². The van der Waals surface area contributed by atoms with Gasteiger partial charge in [-0.25, -0.2) is 9.97 Å². The lowest BCUT2D eigenvalue weighted by Crippen LogP contribution is -2.22. The van der Waals surface area contributed by atoms with Crippen LogP contribution in [0.15, 0.2) is 12.3 Å². The predicted molar refractivity (Wildman–Crippen MR) is 57.6 cm³/mol. The number of halogens is 1. The minimum absolute atomic E-state index is 0.00673. The summed E-state index contributed by atoms with van der Waals surface area (Å²) in [6.45, 7) is 1.94. The molecule has 0 spiro atoms. The number of carbonyl (C=O) groups is 1. The number of hydrogen-bond donors (Lipinski definition) is 1. The fourth-order valence-corrected chi connectivity index (χ4v) is 1.60. The van der Waals surface area contributed by atoms with Gasteiger partial charge in [-0.3, -0.25) is 4.79 Å². The standard InChI is InChI=1S/C10H12ClN3O/c1-6(7-2-3-7)9(15)13-8-4-5-12-10(11)14-8/h4-7H,2-3H2,1H3,(H,12,13,14,15). The lowest BCUT2D eigenvalue weighted by Gasteiger charge is -2.09. The monoisotopic (exact) mass is 225 g/mol. The first-order valence-corrected chi connectivity index (χ1v) is 5.34. The van der Waals surface area contributed by atoms with Crippen LogP contribution in [0.25, 0.3) is 0 Å². The Balaban J connectivity index is 1.98. The van der Waals surface area contributed by atoms with Crippen molar-refractivity contribution in [3.05, 3.63) is 17.5 Å². The van der Waals surface area contributed by atoms with Gasteiger partial charge in [-0.05, 0) is 36.4 Å². The molecule has 0 bridgehead atoms. The van der Waals surface area contributed by atoms with Crippen LogP contribution in [0.4, 0.5) is 5.82 Å². The Morgan fingerprint density at radius 3 is 3.00 bits per heavy atom. The van der Waals surface area contributed by atoms with E-state index in [4.69, 9.17) is 11.6 Å². The second-order valence-electron chi connectivity index (χ2n) is 3.83. The lowest BCUT2D eigenvalue weighted by atomic mass is 10.1. The van der Waals surface area contributed by atoms with E-state index in [1.54, 1.807) is 6.07 Å². The molecule has 1 saturated carbocycles. The van der Waals surface area contributed by atoms with Crippen LogP contribution in [0.3, 0.4) is 0 Å². The normalized spacial score (nSPS) is 17.2. The van der Waals surface area contributed by atoms with Crippen LogP contribution in [-0.2, 0) is 4.79 Å². The van der Waals surface area contributed by atoms with Gasteiger partial charge in [0.15, 0.2) is 0 Å². The second kappa shape index (κ2) is 4.14. The number of anilines is 1. The summed E-state index contributed by atoms with van der Waals surface area (Å²) in [7, 11) is 0. The highest BCUT2D eigenvalue weighted by Gasteiger charge is 2.32. The molecule has 1 unspecified atom stereocenters. The molecule has 1 fully saturated rings. The molecule has 0 aliphatic heterocycles. The molecule has 0 radical (unpaired) electrons. The second-order valence-corrected chi connectivity index (χ2v) is 4.16. The summed E-state index contributed by atoms with van der Waals surface area (Å²) in [5.41, 5.74) is 0. The Morgan fingerprint density at radius 2 is 2.40 bits per heavy atom. The molecule has 1 amide bonds. The van der Waals surface area contributed by atoms with E-state index < -0.39 is 0 Å². The van der Waals surface area contributed by atoms with Crippen LogP contribution in [0.1, 0.15) is 19.8 Å². The first-order chi connectivity index (χ1) is 7.16. The Kier molecular flexibility index (Phi) is 2.86. The van der Waals surface area contributed by atoms with Crippen molar-refractivity contribution in [1.82, 2.24) is 9.97 Å². The fourth-order valence-electron chi connectivity index (χ4n) is 1.45. The maximum Gasteiger partial charge on any atom is 0.228 e. The molecular weight excluding hydrogens is 214 g/mol. The van der Waals surface area contributed by atoms with Crippen molar-refractivity contribution in [2.75, 3.05) is 5.32 Å². The van der Waals surface area contributed by atoms with E-state index >= 15 is 0 Å². The molecule has 4 nitrogen and oxygen atoms in total. The van der Waals surface area contributed by atoms with Crippen LogP contribution >= 0.6 is 11.6 Å². The van der Waals surface area contributed by atoms with Crippen LogP contribution < -0.4 is 5.32 Å². The maximum atomic E-state index is 11.7. The average Bonchev–Trinajstić information content (AvgIpc) is 2.99. The van der Waals surface area contributed by atoms with E-state index in [-0.39, 0.29) is 17.1 Å². The van der Waals surface area contributed by atoms with E-state index in [0.717, 1.165) is 12.8 Å². The SMILES string of the molecule is CC(C(=O)Nc1ccnc(Cl)n1)C1CC1. The van der Waals surface area contributed by atoms with Gasteiger partial charge >= 0.3 is 0 Å². The van der Waals surface area contributed by atoms with E-state index in [9.17, 15) is 4.79 Å². The third kappa shape index (κ3) is 2.65. The number of amides is 1. The number of aromatic nitrogens is 2. The number of carbonyl (C=O) groups excluding carboxylic acids is 1. The molecule has 0 aromatic carbocycles. The van der Waals surface area contributed by atoms with Gasteiger partial charge in [0.2, 0.25) is 11.2 Å². The van der Waals surface area contributed by atoms with E-state index in [1.165, 1.54) is 6.20 Å². The summed E-state index contributed by atoms with van der Waals surface area (Å²) in [4.78, 5) is 19.3. The van der Waals surface area contributed by atoms with Gasteiger partial charge in [-0.2, -0.15) is 0 Å². The zero-order chi connectivity index (χ0) is 10.8. The fraction of sp³-hybridized carbons (Fsp3) is 0.500. The molecule has 1 aliphatic carbocycles. The first-order valence-electron chi connectivity index (χ1n) is 4.96. The van der Waals surface area contributed by atoms with Gasteiger partial charge in [0.1, 0.15) is 5.82 Å². The van der Waals surface area contributed by atoms with E-state index in [2.05, 4.69) is 15.3 Å². The molecule has 5 heteroatoms. The summed E-state index contributed by atoms with van der Waals surface area (Å²) in [6.07, 6.45) is 3.82. The molecule has 1 heterocycles. The average molecular weight is 226 g/mol. The van der Waals surface area contributed by atoms with Crippen LogP contribution in [0.2, 0.25) is 5.28 Å². The summed E-state index contributed by atoms with van der Waals surface area (Å²) < 4.78 is 0. The summed E-state index contributed by atoms with van der Waals surface area (Å²) in [6, 6.07) is 1.63. The number of hydrogen-bond acceptors (Lipinski definition) is 3. The van der Waals surface area contributed by atoms with Crippen LogP contribution in [0.5, 0.6) is 0 Å². The molecule has 1 aromatic heterocycles. The van der Waals surface area contributed by atoms with Gasteiger partial charge in [-0.15, -0.1) is 0 Å². The molecule has 1 N–H and O–H groups in total. The van der Waals surface area contributed by atoms with Gasteiger partial charge in [0, 0.05) is 12.1 Å². The molecule has 80 valence electrons. The van der Waals surface area contributed by atoms with E-state index in [1.807, 2.05) is 6.92 Å². The van der Waals surface area contributed by atoms with Crippen LogP contribution in [0, 0.1) is 11.8 Å². The van der Waals surface area contributed by atoms with Gasteiger partial charge in [0.25, 0.3) is 0 Å². The Hall–Kier alpha value is -1.16. The maximum absolute atomic E-state index is 11.7. The van der Waals surface area contributed by atoms with E-state index in [0.29, 0.717) is 11.7 Å². The van der Waals surface area contributed by atoms with Crippen molar-refractivity contribution in [3.63, 3.8) is 0 Å². The largest absolute Gasteiger partial charge is 0.310 e. The molecule has 1 aliphatic rings. The zero-order valence-electron chi connectivity index (χ0n) is 8.40. The predicted octanol–water partition coefficient (Wildman–Crippen LogP) is 2.11. The quantitative estimate of drug-likeness (QED) is 0.802. The molecule has 0 saturated heterocycles. The van der Waals surface area contributed by atoms with Crippen molar-refractivity contribution in [3.8, 4) is 0 Å². The topological polar surface area (TPSA) is 54.9 Å². The molecule has 1 atom stereocenters. The minimum Gasteiger partial charge on any atom is -0.310 e. The molecule has 15 heavy (non-hydrogen) atoms. The van der Waals surface area contributed by atoms with Crippen molar-refractivity contribution in [2.24, 2.45) is 11.8 Å². The van der Waals surface area contributed by atoms with Crippen LogP contribution in [-0.4, -0.2) is 15.9 Å². The summed E-state index contributed by atoms with van der Waals surface area (Å²) >= 11 is 5.61. The highest BCUT2D eigenvalue weighted by Crippen LogP contribution is 2.36. The highest BCUT2D eigenvalue weighted by molar-refractivity contribution is 6.28. The summed E-state index contributed by atoms with van der Waals surface area (Å²) in [5, 5.41) is 2.87. The number of rotatable bonds is 3. The highest BCUT2D eigenvalue weighted by atomic mass is 35.5. The molecule has 1 aromatic rings. The first kappa shape index (κ1) is 10.4. The number of nitrogens with zero attached hydrogens (tertiary/aromatic N) is 2. The Bertz CT molecular complexity index is 379. The third-order valence-electron chi connectivity index (χ3n) is 2.62. The third-order valence-corrected chi connectivity index (χ3v) is 2.80.